The Bertz CT molecular complexity index is 1010. The summed E-state index contributed by atoms with van der Waals surface area (Å²) < 4.78 is 36.7. The van der Waals surface area contributed by atoms with Crippen molar-refractivity contribution in [2.24, 2.45) is 0 Å². The molecule has 0 saturated carbocycles. The van der Waals surface area contributed by atoms with Gasteiger partial charge >= 0.3 is 0 Å². The molecule has 0 unspecified atom stereocenters. The molecule has 7 nitrogen and oxygen atoms in total. The molecular formula is C19H16F2N4O3. The van der Waals surface area contributed by atoms with E-state index in [-0.39, 0.29) is 17.2 Å². The van der Waals surface area contributed by atoms with Crippen LogP contribution in [0.3, 0.4) is 0 Å². The third kappa shape index (κ3) is 4.32. The molecule has 1 heterocycles. The highest BCUT2D eigenvalue weighted by Gasteiger charge is 2.13. The molecule has 3 rings (SSSR count). The zero-order valence-electron chi connectivity index (χ0n) is 15.0. The molecule has 1 aromatic heterocycles. The van der Waals surface area contributed by atoms with Crippen molar-refractivity contribution in [3.05, 3.63) is 66.1 Å². The number of rotatable bonds is 6. The highest BCUT2D eigenvalue weighted by Crippen LogP contribution is 2.29. The van der Waals surface area contributed by atoms with Crippen molar-refractivity contribution in [3.8, 4) is 11.5 Å². The highest BCUT2D eigenvalue weighted by molar-refractivity contribution is 6.04. The van der Waals surface area contributed by atoms with Crippen molar-refractivity contribution in [3.63, 3.8) is 0 Å². The summed E-state index contributed by atoms with van der Waals surface area (Å²) in [4.78, 5) is 20.5. The molecule has 0 bridgehead atoms. The van der Waals surface area contributed by atoms with Crippen LogP contribution in [0.15, 0.2) is 48.8 Å². The van der Waals surface area contributed by atoms with E-state index < -0.39 is 17.5 Å². The summed E-state index contributed by atoms with van der Waals surface area (Å²) >= 11 is 0. The van der Waals surface area contributed by atoms with E-state index in [1.165, 1.54) is 32.7 Å². The molecule has 0 spiro atoms. The molecule has 0 aliphatic heterocycles. The number of hydrogen-bond donors (Lipinski definition) is 2. The van der Waals surface area contributed by atoms with Gasteiger partial charge in [0.25, 0.3) is 5.91 Å². The molecule has 0 atom stereocenters. The zero-order chi connectivity index (χ0) is 20.1. The maximum Gasteiger partial charge on any atom is 0.274 e. The number of aromatic nitrogens is 2. The zero-order valence-corrected chi connectivity index (χ0v) is 15.0. The number of nitrogens with one attached hydrogen (secondary N) is 2. The third-order valence-corrected chi connectivity index (χ3v) is 3.75. The molecule has 0 fully saturated rings. The summed E-state index contributed by atoms with van der Waals surface area (Å²) in [6, 6.07) is 9.66. The second kappa shape index (κ2) is 8.30. The molecule has 2 aromatic carbocycles. The number of carbonyl (C=O) groups is 1. The monoisotopic (exact) mass is 386 g/mol. The smallest absolute Gasteiger partial charge is 0.274 e. The van der Waals surface area contributed by atoms with E-state index in [1.807, 2.05) is 0 Å². The Kier molecular flexibility index (Phi) is 5.64. The average Bonchev–Trinajstić information content (AvgIpc) is 2.71. The number of anilines is 3. The normalized spacial score (nSPS) is 10.3. The fourth-order valence-electron chi connectivity index (χ4n) is 2.37. The van der Waals surface area contributed by atoms with Gasteiger partial charge in [0.1, 0.15) is 29.3 Å². The molecule has 1 amide bonds. The minimum absolute atomic E-state index is 0.0601. The fraction of sp³-hybridized carbons (Fsp3) is 0.105. The Labute approximate surface area is 159 Å². The van der Waals surface area contributed by atoms with Gasteiger partial charge in [-0.2, -0.15) is 0 Å². The first kappa shape index (κ1) is 19.0. The van der Waals surface area contributed by atoms with E-state index >= 15 is 0 Å². The Morgan fingerprint density at radius 3 is 2.50 bits per heavy atom. The van der Waals surface area contributed by atoms with E-state index in [9.17, 15) is 13.6 Å². The molecule has 0 aliphatic carbocycles. The van der Waals surface area contributed by atoms with Gasteiger partial charge in [0, 0.05) is 23.9 Å². The number of hydrogen-bond acceptors (Lipinski definition) is 6. The number of carbonyl (C=O) groups excluding carboxylic acids is 1. The quantitative estimate of drug-likeness (QED) is 0.671. The predicted octanol–water partition coefficient (Wildman–Crippen LogP) is 3.77. The van der Waals surface area contributed by atoms with E-state index in [0.717, 1.165) is 12.1 Å². The van der Waals surface area contributed by atoms with Crippen LogP contribution in [0.5, 0.6) is 11.5 Å². The average molecular weight is 386 g/mol. The number of nitrogens with zero attached hydrogens (tertiary/aromatic N) is 2. The lowest BCUT2D eigenvalue weighted by atomic mass is 10.2. The Morgan fingerprint density at radius 1 is 0.964 bits per heavy atom. The van der Waals surface area contributed by atoms with Crippen LogP contribution >= 0.6 is 0 Å². The summed E-state index contributed by atoms with van der Waals surface area (Å²) in [5.41, 5.74) is 0.740. The summed E-state index contributed by atoms with van der Waals surface area (Å²) in [6.07, 6.45) is 1.18. The minimum Gasteiger partial charge on any atom is -0.497 e. The SMILES string of the molecule is COc1ccc(OC)c(NC(=O)c2cc(Nc3ccc(F)c(F)c3)ncn2)c1. The van der Waals surface area contributed by atoms with Gasteiger partial charge in [0.2, 0.25) is 0 Å². The second-order valence-electron chi connectivity index (χ2n) is 5.56. The maximum absolute atomic E-state index is 13.3. The number of benzene rings is 2. The summed E-state index contributed by atoms with van der Waals surface area (Å²) in [5, 5.41) is 5.48. The molecular weight excluding hydrogens is 370 g/mol. The lowest BCUT2D eigenvalue weighted by molar-refractivity contribution is 0.102. The van der Waals surface area contributed by atoms with Crippen LogP contribution in [-0.2, 0) is 0 Å². The standard InChI is InChI=1S/C19H16F2N4O3/c1-27-12-4-6-17(28-2)15(8-12)25-19(26)16-9-18(23-10-22-16)24-11-3-5-13(20)14(21)7-11/h3-10H,1-2H3,(H,25,26)(H,22,23,24). The van der Waals surface area contributed by atoms with Gasteiger partial charge < -0.3 is 20.1 Å². The molecule has 9 heteroatoms. The Balaban J connectivity index is 1.80. The van der Waals surface area contributed by atoms with Crippen LogP contribution < -0.4 is 20.1 Å². The van der Waals surface area contributed by atoms with Crippen molar-refractivity contribution < 1.29 is 23.0 Å². The lowest BCUT2D eigenvalue weighted by Gasteiger charge is -2.12. The van der Waals surface area contributed by atoms with Crippen LogP contribution in [0.4, 0.5) is 26.0 Å². The van der Waals surface area contributed by atoms with E-state index in [1.54, 1.807) is 18.2 Å². The first-order chi connectivity index (χ1) is 13.5. The highest BCUT2D eigenvalue weighted by atomic mass is 19.2. The van der Waals surface area contributed by atoms with Crippen LogP contribution in [-0.4, -0.2) is 30.1 Å². The van der Waals surface area contributed by atoms with Crippen LogP contribution in [0.25, 0.3) is 0 Å². The summed E-state index contributed by atoms with van der Waals surface area (Å²) in [7, 11) is 2.99. The van der Waals surface area contributed by atoms with E-state index in [0.29, 0.717) is 17.2 Å². The minimum atomic E-state index is -0.998. The van der Waals surface area contributed by atoms with Gasteiger partial charge in [0.05, 0.1) is 19.9 Å². The summed E-state index contributed by atoms with van der Waals surface area (Å²) in [6.45, 7) is 0. The van der Waals surface area contributed by atoms with Gasteiger partial charge in [-0.3, -0.25) is 4.79 Å². The van der Waals surface area contributed by atoms with Crippen molar-refractivity contribution >= 4 is 23.1 Å². The number of amides is 1. The van der Waals surface area contributed by atoms with Gasteiger partial charge in [-0.1, -0.05) is 0 Å². The first-order valence-corrected chi connectivity index (χ1v) is 8.07. The van der Waals surface area contributed by atoms with Gasteiger partial charge in [-0.15, -0.1) is 0 Å². The summed E-state index contributed by atoms with van der Waals surface area (Å²) in [5.74, 6) is -1.24. The molecule has 0 aliphatic rings. The first-order valence-electron chi connectivity index (χ1n) is 8.07. The van der Waals surface area contributed by atoms with Gasteiger partial charge in [0.15, 0.2) is 11.6 Å². The van der Waals surface area contributed by atoms with E-state index in [2.05, 4.69) is 20.6 Å². The van der Waals surface area contributed by atoms with Crippen molar-refractivity contribution in [1.82, 2.24) is 9.97 Å². The van der Waals surface area contributed by atoms with Gasteiger partial charge in [-0.05, 0) is 24.3 Å². The molecule has 3 aromatic rings. The topological polar surface area (TPSA) is 85.4 Å². The van der Waals surface area contributed by atoms with Gasteiger partial charge in [-0.25, -0.2) is 18.7 Å². The molecule has 0 saturated heterocycles. The van der Waals surface area contributed by atoms with Crippen molar-refractivity contribution in [1.29, 1.82) is 0 Å². The maximum atomic E-state index is 13.3. The van der Waals surface area contributed by atoms with Crippen molar-refractivity contribution in [2.45, 2.75) is 0 Å². The predicted molar refractivity (Wildman–Crippen MR) is 99.2 cm³/mol. The molecule has 28 heavy (non-hydrogen) atoms. The van der Waals surface area contributed by atoms with E-state index in [4.69, 9.17) is 9.47 Å². The lowest BCUT2D eigenvalue weighted by Crippen LogP contribution is -2.15. The fourth-order valence-corrected chi connectivity index (χ4v) is 2.37. The van der Waals surface area contributed by atoms with Crippen LogP contribution in [0.1, 0.15) is 10.5 Å². The van der Waals surface area contributed by atoms with Crippen LogP contribution in [0.2, 0.25) is 0 Å². The second-order valence-corrected chi connectivity index (χ2v) is 5.56. The largest absolute Gasteiger partial charge is 0.497 e. The van der Waals surface area contributed by atoms with Crippen LogP contribution in [0, 0.1) is 11.6 Å². The molecule has 0 radical (unpaired) electrons. The number of ether oxygens (including phenoxy) is 2. The Hall–Kier alpha value is -3.75. The Morgan fingerprint density at radius 2 is 1.79 bits per heavy atom. The molecule has 2 N–H and O–H groups in total. The number of methoxy groups -OCH3 is 2. The van der Waals surface area contributed by atoms with Crippen molar-refractivity contribution in [2.75, 3.05) is 24.9 Å². The molecule has 144 valence electrons. The number of halogens is 2. The third-order valence-electron chi connectivity index (χ3n) is 3.75.